The lowest BCUT2D eigenvalue weighted by Gasteiger charge is -2.09. The van der Waals surface area contributed by atoms with E-state index in [4.69, 9.17) is 4.74 Å². The maximum Gasteiger partial charge on any atom is 0.252 e. The fraction of sp³-hybridized carbons (Fsp3) is 0.389. The Morgan fingerprint density at radius 3 is 2.64 bits per heavy atom. The van der Waals surface area contributed by atoms with Crippen LogP contribution < -0.4 is 10.1 Å². The molecule has 1 aromatic heterocycles. The second-order valence-corrected chi connectivity index (χ2v) is 5.78. The molecule has 4 nitrogen and oxygen atoms in total. The molecule has 0 spiro atoms. The molecule has 0 atom stereocenters. The van der Waals surface area contributed by atoms with Gasteiger partial charge in [-0.15, -0.1) is 0 Å². The monoisotopic (exact) mass is 300 g/mol. The molecule has 1 amide bonds. The third-order valence-corrected chi connectivity index (χ3v) is 3.45. The first kappa shape index (κ1) is 16.1. The van der Waals surface area contributed by atoms with Gasteiger partial charge in [0.2, 0.25) is 0 Å². The summed E-state index contributed by atoms with van der Waals surface area (Å²) in [5, 5.41) is 2.90. The molecule has 118 valence electrons. The minimum atomic E-state index is -0.0464. The van der Waals surface area contributed by atoms with Gasteiger partial charge in [0, 0.05) is 18.9 Å². The number of hydrogen-bond donors (Lipinski definition) is 2. The number of nitrogens with one attached hydrogen (secondary N) is 2. The number of rotatable bonds is 8. The molecule has 0 fully saturated rings. The van der Waals surface area contributed by atoms with Gasteiger partial charge in [-0.05, 0) is 42.5 Å². The third kappa shape index (κ3) is 5.28. The normalized spacial score (nSPS) is 10.7. The molecule has 4 heteroatoms. The molecule has 0 unspecified atom stereocenters. The fourth-order valence-electron chi connectivity index (χ4n) is 2.05. The van der Waals surface area contributed by atoms with E-state index < -0.39 is 0 Å². The topological polar surface area (TPSA) is 54.1 Å². The first-order valence-corrected chi connectivity index (χ1v) is 7.78. The number of aromatic nitrogens is 1. The highest BCUT2D eigenvalue weighted by Crippen LogP contribution is 2.13. The molecule has 2 aromatic rings. The molecule has 22 heavy (non-hydrogen) atoms. The molecule has 0 radical (unpaired) electrons. The van der Waals surface area contributed by atoms with Crippen LogP contribution in [0, 0.1) is 5.92 Å². The second-order valence-electron chi connectivity index (χ2n) is 5.78. The summed E-state index contributed by atoms with van der Waals surface area (Å²) in [5.41, 5.74) is 1.85. The molecule has 0 aliphatic rings. The summed E-state index contributed by atoms with van der Waals surface area (Å²) in [4.78, 5) is 14.6. The standard InChI is InChI=1S/C18H24N2O2/c1-14(2)9-12-22-17-5-3-15(4-6-17)7-11-20-18(21)16-8-10-19-13-16/h3-6,8,10,13-14,19H,7,9,11-12H2,1-2H3,(H,20,21). The lowest BCUT2D eigenvalue weighted by atomic mass is 10.1. The lowest BCUT2D eigenvalue weighted by molar-refractivity contribution is 0.0954. The number of hydrogen-bond acceptors (Lipinski definition) is 2. The van der Waals surface area contributed by atoms with Crippen LogP contribution in [-0.2, 0) is 6.42 Å². The smallest absolute Gasteiger partial charge is 0.252 e. The van der Waals surface area contributed by atoms with E-state index in [-0.39, 0.29) is 5.91 Å². The maximum atomic E-state index is 11.8. The number of carbonyl (C=O) groups excluding carboxylic acids is 1. The molecule has 1 heterocycles. The molecular formula is C18H24N2O2. The summed E-state index contributed by atoms with van der Waals surface area (Å²) >= 11 is 0. The van der Waals surface area contributed by atoms with E-state index in [1.807, 2.05) is 24.3 Å². The van der Waals surface area contributed by atoms with Crippen molar-refractivity contribution in [2.24, 2.45) is 5.92 Å². The third-order valence-electron chi connectivity index (χ3n) is 3.45. The van der Waals surface area contributed by atoms with Crippen molar-refractivity contribution in [1.29, 1.82) is 0 Å². The minimum absolute atomic E-state index is 0.0464. The first-order chi connectivity index (χ1) is 10.6. The summed E-state index contributed by atoms with van der Waals surface area (Å²) in [7, 11) is 0. The molecule has 2 rings (SSSR count). The van der Waals surface area contributed by atoms with Gasteiger partial charge in [-0.25, -0.2) is 0 Å². The van der Waals surface area contributed by atoms with E-state index in [0.29, 0.717) is 18.0 Å². The first-order valence-electron chi connectivity index (χ1n) is 7.78. The summed E-state index contributed by atoms with van der Waals surface area (Å²) in [6.07, 6.45) is 5.31. The Labute approximate surface area is 131 Å². The molecule has 0 aliphatic carbocycles. The van der Waals surface area contributed by atoms with Crippen LogP contribution in [0.3, 0.4) is 0 Å². The molecule has 0 bridgehead atoms. The van der Waals surface area contributed by atoms with Crippen molar-refractivity contribution >= 4 is 5.91 Å². The van der Waals surface area contributed by atoms with Crippen LogP contribution in [0.4, 0.5) is 0 Å². The van der Waals surface area contributed by atoms with Crippen LogP contribution in [0.1, 0.15) is 36.2 Å². The van der Waals surface area contributed by atoms with Gasteiger partial charge in [0.15, 0.2) is 0 Å². The zero-order valence-corrected chi connectivity index (χ0v) is 13.3. The number of amides is 1. The number of aromatic amines is 1. The van der Waals surface area contributed by atoms with Crippen molar-refractivity contribution in [3.8, 4) is 5.75 Å². The summed E-state index contributed by atoms with van der Waals surface area (Å²) in [6, 6.07) is 9.84. The van der Waals surface area contributed by atoms with Crippen molar-refractivity contribution in [3.05, 3.63) is 53.9 Å². The molecule has 0 saturated carbocycles. The Bertz CT molecular complexity index is 559. The average molecular weight is 300 g/mol. The Morgan fingerprint density at radius 2 is 2.00 bits per heavy atom. The number of benzene rings is 1. The largest absolute Gasteiger partial charge is 0.494 e. The van der Waals surface area contributed by atoms with E-state index in [1.54, 1.807) is 18.5 Å². The fourth-order valence-corrected chi connectivity index (χ4v) is 2.05. The van der Waals surface area contributed by atoms with Crippen molar-refractivity contribution < 1.29 is 9.53 Å². The molecule has 0 saturated heterocycles. The number of ether oxygens (including phenoxy) is 1. The SMILES string of the molecule is CC(C)CCOc1ccc(CCNC(=O)c2cc[nH]c2)cc1. The van der Waals surface area contributed by atoms with Crippen LogP contribution in [-0.4, -0.2) is 24.0 Å². The lowest BCUT2D eigenvalue weighted by Crippen LogP contribution is -2.25. The quantitative estimate of drug-likeness (QED) is 0.785. The summed E-state index contributed by atoms with van der Waals surface area (Å²) < 4.78 is 5.69. The Morgan fingerprint density at radius 1 is 1.23 bits per heavy atom. The van der Waals surface area contributed by atoms with E-state index in [1.165, 1.54) is 5.56 Å². The molecular weight excluding hydrogens is 276 g/mol. The zero-order chi connectivity index (χ0) is 15.8. The van der Waals surface area contributed by atoms with Gasteiger partial charge in [-0.3, -0.25) is 4.79 Å². The van der Waals surface area contributed by atoms with E-state index >= 15 is 0 Å². The highest BCUT2D eigenvalue weighted by molar-refractivity contribution is 5.93. The van der Waals surface area contributed by atoms with Crippen molar-refractivity contribution in [3.63, 3.8) is 0 Å². The van der Waals surface area contributed by atoms with Crippen molar-refractivity contribution in [2.75, 3.05) is 13.2 Å². The molecule has 0 aliphatic heterocycles. The van der Waals surface area contributed by atoms with E-state index in [0.717, 1.165) is 25.2 Å². The average Bonchev–Trinajstić information content (AvgIpc) is 3.03. The Hall–Kier alpha value is -2.23. The molecule has 2 N–H and O–H groups in total. The minimum Gasteiger partial charge on any atom is -0.494 e. The van der Waals surface area contributed by atoms with Gasteiger partial charge in [-0.2, -0.15) is 0 Å². The predicted octanol–water partition coefficient (Wildman–Crippen LogP) is 3.41. The number of carbonyl (C=O) groups is 1. The van der Waals surface area contributed by atoms with Gasteiger partial charge < -0.3 is 15.0 Å². The van der Waals surface area contributed by atoms with Gasteiger partial charge in [0.1, 0.15) is 5.75 Å². The van der Waals surface area contributed by atoms with Gasteiger partial charge in [0.05, 0.1) is 12.2 Å². The van der Waals surface area contributed by atoms with Crippen molar-refractivity contribution in [1.82, 2.24) is 10.3 Å². The van der Waals surface area contributed by atoms with Crippen LogP contribution in [0.15, 0.2) is 42.7 Å². The van der Waals surface area contributed by atoms with Crippen LogP contribution in [0.2, 0.25) is 0 Å². The maximum absolute atomic E-state index is 11.8. The van der Waals surface area contributed by atoms with Gasteiger partial charge >= 0.3 is 0 Å². The second kappa shape index (κ2) is 8.27. The van der Waals surface area contributed by atoms with Gasteiger partial charge in [-0.1, -0.05) is 26.0 Å². The zero-order valence-electron chi connectivity index (χ0n) is 13.3. The Balaban J connectivity index is 1.71. The van der Waals surface area contributed by atoms with Crippen LogP contribution >= 0.6 is 0 Å². The van der Waals surface area contributed by atoms with E-state index in [9.17, 15) is 4.79 Å². The van der Waals surface area contributed by atoms with Crippen LogP contribution in [0.25, 0.3) is 0 Å². The highest BCUT2D eigenvalue weighted by atomic mass is 16.5. The van der Waals surface area contributed by atoms with E-state index in [2.05, 4.69) is 24.1 Å². The number of H-pyrrole nitrogens is 1. The summed E-state index contributed by atoms with van der Waals surface area (Å²) in [5.74, 6) is 1.51. The highest BCUT2D eigenvalue weighted by Gasteiger charge is 2.04. The predicted molar refractivity (Wildman–Crippen MR) is 88.2 cm³/mol. The molecule has 1 aromatic carbocycles. The van der Waals surface area contributed by atoms with Crippen LogP contribution in [0.5, 0.6) is 5.75 Å². The van der Waals surface area contributed by atoms with Crippen molar-refractivity contribution in [2.45, 2.75) is 26.7 Å². The van der Waals surface area contributed by atoms with Gasteiger partial charge in [0.25, 0.3) is 5.91 Å². The summed E-state index contributed by atoms with van der Waals surface area (Å²) in [6.45, 7) is 5.75. The Kier molecular flexibility index (Phi) is 6.07.